The third kappa shape index (κ3) is 5.50. The minimum Gasteiger partial charge on any atom is -0.490 e. The number of allylic oxidation sites excluding steroid dienone is 4. The first kappa shape index (κ1) is 27.8. The van der Waals surface area contributed by atoms with Crippen LogP contribution in [0.25, 0.3) is 0 Å². The molecule has 0 saturated heterocycles. The fourth-order valence-electron chi connectivity index (χ4n) is 5.93. The van der Waals surface area contributed by atoms with Crippen molar-refractivity contribution in [3.05, 3.63) is 79.5 Å². The van der Waals surface area contributed by atoms with Gasteiger partial charge in [-0.05, 0) is 79.0 Å². The van der Waals surface area contributed by atoms with Gasteiger partial charge in [0.2, 0.25) is 0 Å². The van der Waals surface area contributed by atoms with Crippen molar-refractivity contribution in [3.63, 3.8) is 0 Å². The number of rotatable bonds is 9. The van der Waals surface area contributed by atoms with Crippen molar-refractivity contribution >= 4 is 34.2 Å². The Hall–Kier alpha value is -2.72. The average molecular weight is 646 g/mol. The highest BCUT2D eigenvalue weighted by Crippen LogP contribution is 2.50. The molecular formula is C31H33FINO5. The highest BCUT2D eigenvalue weighted by molar-refractivity contribution is 14.1. The van der Waals surface area contributed by atoms with E-state index in [9.17, 15) is 14.0 Å². The lowest BCUT2D eigenvalue weighted by molar-refractivity contribution is -0.117. The van der Waals surface area contributed by atoms with Gasteiger partial charge in [-0.3, -0.25) is 9.59 Å². The maximum absolute atomic E-state index is 14.2. The molecule has 0 atom stereocenters. The Balaban J connectivity index is 1.61. The quantitative estimate of drug-likeness (QED) is 0.292. The number of carbonyl (C=O) groups is 2. The number of methoxy groups -OCH3 is 1. The Kier molecular flexibility index (Phi) is 8.71. The van der Waals surface area contributed by atoms with Gasteiger partial charge in [-0.15, -0.1) is 0 Å². The lowest BCUT2D eigenvalue weighted by Crippen LogP contribution is -2.40. The van der Waals surface area contributed by atoms with Crippen LogP contribution in [-0.2, 0) is 20.9 Å². The number of nitrogens with zero attached hydrogens (tertiary/aromatic N) is 1. The fourth-order valence-corrected chi connectivity index (χ4v) is 6.71. The Labute approximate surface area is 242 Å². The van der Waals surface area contributed by atoms with Gasteiger partial charge < -0.3 is 19.1 Å². The lowest BCUT2D eigenvalue weighted by atomic mass is 9.71. The van der Waals surface area contributed by atoms with Gasteiger partial charge in [0.15, 0.2) is 23.1 Å². The van der Waals surface area contributed by atoms with E-state index in [1.807, 2.05) is 19.1 Å². The molecule has 5 rings (SSSR count). The molecule has 2 aromatic carbocycles. The van der Waals surface area contributed by atoms with E-state index in [4.69, 9.17) is 14.2 Å². The monoisotopic (exact) mass is 645 g/mol. The van der Waals surface area contributed by atoms with E-state index in [1.165, 1.54) is 6.07 Å². The zero-order valence-electron chi connectivity index (χ0n) is 22.4. The molecule has 0 fully saturated rings. The van der Waals surface area contributed by atoms with E-state index in [2.05, 4.69) is 27.5 Å². The number of Topliss-reactive ketones (excluding diaryl/α,β-unsaturated/α-hetero) is 2. The molecule has 0 spiro atoms. The summed E-state index contributed by atoms with van der Waals surface area (Å²) < 4.78 is 32.5. The van der Waals surface area contributed by atoms with Crippen LogP contribution in [0.2, 0.25) is 0 Å². The SMILES string of the molecule is CCOc1cc(C2C3=C(CCCC3=O)N(CCOC)C3=C2C(=O)CCC3)cc(I)c1OCc1ccccc1F. The topological polar surface area (TPSA) is 65.1 Å². The summed E-state index contributed by atoms with van der Waals surface area (Å²) in [6.45, 7) is 3.49. The molecule has 206 valence electrons. The summed E-state index contributed by atoms with van der Waals surface area (Å²) in [5, 5.41) is 0. The van der Waals surface area contributed by atoms with Gasteiger partial charge in [0.25, 0.3) is 0 Å². The number of benzene rings is 2. The van der Waals surface area contributed by atoms with Gasteiger partial charge in [-0.25, -0.2) is 4.39 Å². The normalized spacial score (nSPS) is 17.9. The van der Waals surface area contributed by atoms with E-state index in [0.717, 1.165) is 57.4 Å². The van der Waals surface area contributed by atoms with Crippen LogP contribution in [0.4, 0.5) is 4.39 Å². The number of hydrogen-bond acceptors (Lipinski definition) is 6. The molecule has 2 aliphatic carbocycles. The maximum atomic E-state index is 14.2. The Morgan fingerprint density at radius 3 is 2.26 bits per heavy atom. The van der Waals surface area contributed by atoms with Crippen LogP contribution < -0.4 is 9.47 Å². The molecule has 0 aromatic heterocycles. The largest absolute Gasteiger partial charge is 0.490 e. The molecule has 0 saturated carbocycles. The second kappa shape index (κ2) is 12.2. The maximum Gasteiger partial charge on any atom is 0.174 e. The molecule has 8 heteroatoms. The number of hydrogen-bond donors (Lipinski definition) is 0. The molecule has 0 radical (unpaired) electrons. The van der Waals surface area contributed by atoms with Crippen molar-refractivity contribution in [2.24, 2.45) is 0 Å². The van der Waals surface area contributed by atoms with Gasteiger partial charge in [-0.1, -0.05) is 18.2 Å². The molecule has 39 heavy (non-hydrogen) atoms. The van der Waals surface area contributed by atoms with Gasteiger partial charge in [-0.2, -0.15) is 0 Å². The van der Waals surface area contributed by atoms with Crippen LogP contribution in [0.3, 0.4) is 0 Å². The van der Waals surface area contributed by atoms with Crippen molar-refractivity contribution in [2.75, 3.05) is 26.9 Å². The first-order valence-corrected chi connectivity index (χ1v) is 14.6. The van der Waals surface area contributed by atoms with E-state index < -0.39 is 5.92 Å². The van der Waals surface area contributed by atoms with Crippen molar-refractivity contribution in [3.8, 4) is 11.5 Å². The van der Waals surface area contributed by atoms with Crippen LogP contribution in [-0.4, -0.2) is 43.3 Å². The third-order valence-corrected chi connectivity index (χ3v) is 8.40. The molecule has 2 aromatic rings. The third-order valence-electron chi connectivity index (χ3n) is 7.60. The molecule has 0 unspecified atom stereocenters. The van der Waals surface area contributed by atoms with Crippen LogP contribution in [0.15, 0.2) is 58.9 Å². The summed E-state index contributed by atoms with van der Waals surface area (Å²) in [5.41, 5.74) is 4.80. The molecule has 1 heterocycles. The predicted molar refractivity (Wildman–Crippen MR) is 154 cm³/mol. The summed E-state index contributed by atoms with van der Waals surface area (Å²) in [7, 11) is 1.67. The van der Waals surface area contributed by atoms with Crippen molar-refractivity contribution < 1.29 is 28.2 Å². The van der Waals surface area contributed by atoms with Crippen LogP contribution >= 0.6 is 22.6 Å². The number of ether oxygens (including phenoxy) is 3. The van der Waals surface area contributed by atoms with E-state index in [0.29, 0.717) is 49.7 Å². The molecule has 3 aliphatic rings. The zero-order chi connectivity index (χ0) is 27.5. The van der Waals surface area contributed by atoms with Gasteiger partial charge in [0, 0.05) is 60.5 Å². The second-order valence-electron chi connectivity index (χ2n) is 9.99. The Morgan fingerprint density at radius 1 is 0.974 bits per heavy atom. The molecule has 0 amide bonds. The molecule has 0 N–H and O–H groups in total. The Morgan fingerprint density at radius 2 is 1.64 bits per heavy atom. The fraction of sp³-hybridized carbons (Fsp3) is 0.419. The average Bonchev–Trinajstić information content (AvgIpc) is 2.92. The first-order valence-electron chi connectivity index (χ1n) is 13.6. The van der Waals surface area contributed by atoms with Gasteiger partial charge >= 0.3 is 0 Å². The summed E-state index contributed by atoms with van der Waals surface area (Å²) in [6.07, 6.45) is 4.15. The number of ketones is 2. The number of halogens is 2. The van der Waals surface area contributed by atoms with E-state index in [-0.39, 0.29) is 24.0 Å². The van der Waals surface area contributed by atoms with E-state index >= 15 is 0 Å². The van der Waals surface area contributed by atoms with E-state index in [1.54, 1.807) is 25.3 Å². The molecule has 1 aliphatic heterocycles. The highest BCUT2D eigenvalue weighted by Gasteiger charge is 2.43. The minimum atomic E-state index is -0.442. The smallest absolute Gasteiger partial charge is 0.174 e. The van der Waals surface area contributed by atoms with Crippen molar-refractivity contribution in [1.82, 2.24) is 4.90 Å². The van der Waals surface area contributed by atoms with Crippen LogP contribution in [0, 0.1) is 9.39 Å². The molecular weight excluding hydrogens is 612 g/mol. The van der Waals surface area contributed by atoms with Gasteiger partial charge in [0.05, 0.1) is 16.8 Å². The van der Waals surface area contributed by atoms with Crippen LogP contribution in [0.1, 0.15) is 62.5 Å². The number of carbonyl (C=O) groups excluding carboxylic acids is 2. The van der Waals surface area contributed by atoms with Crippen molar-refractivity contribution in [2.45, 2.75) is 58.0 Å². The minimum absolute atomic E-state index is 0.0571. The lowest BCUT2D eigenvalue weighted by Gasteiger charge is -2.44. The van der Waals surface area contributed by atoms with Gasteiger partial charge in [0.1, 0.15) is 12.4 Å². The second-order valence-corrected chi connectivity index (χ2v) is 11.2. The summed E-state index contributed by atoms with van der Waals surface area (Å²) >= 11 is 2.20. The van der Waals surface area contributed by atoms with Crippen LogP contribution in [0.5, 0.6) is 11.5 Å². The first-order chi connectivity index (χ1) is 18.9. The standard InChI is InChI=1S/C31H33FINO5/c1-3-38-27-17-20(16-22(33)31(27)39-18-19-8-4-5-9-21(19)32)28-29-23(10-6-12-25(29)35)34(14-15-37-2)24-11-7-13-26(36)30(24)28/h4-5,8-9,16-17,28H,3,6-7,10-15,18H2,1-2H3. The summed E-state index contributed by atoms with van der Waals surface area (Å²) in [5.74, 6) is 0.474. The molecule has 0 bridgehead atoms. The van der Waals surface area contributed by atoms with Crippen molar-refractivity contribution in [1.29, 1.82) is 0 Å². The summed E-state index contributed by atoms with van der Waals surface area (Å²) in [6, 6.07) is 10.4. The highest BCUT2D eigenvalue weighted by atomic mass is 127. The Bertz CT molecular complexity index is 1310. The molecule has 6 nitrogen and oxygen atoms in total. The summed E-state index contributed by atoms with van der Waals surface area (Å²) in [4.78, 5) is 29.2. The zero-order valence-corrected chi connectivity index (χ0v) is 24.5. The predicted octanol–water partition coefficient (Wildman–Crippen LogP) is 6.47.